The molecule has 96 valence electrons. The first kappa shape index (κ1) is 15.2. The smallest absolute Gasteiger partial charge is 0.450 e. The van der Waals surface area contributed by atoms with Crippen molar-refractivity contribution in [3.63, 3.8) is 0 Å². The summed E-state index contributed by atoms with van der Waals surface area (Å²) < 4.78 is 19.8. The van der Waals surface area contributed by atoms with Gasteiger partial charge in [-0.2, -0.15) is 0 Å². The van der Waals surface area contributed by atoms with Crippen LogP contribution in [0.5, 0.6) is 0 Å². The Morgan fingerprint density at radius 3 is 2.62 bits per heavy atom. The molecule has 0 aliphatic carbocycles. The lowest BCUT2D eigenvalue weighted by atomic mass is 10.3. The quantitative estimate of drug-likeness (QED) is 0.453. The number of carbonyl (C=O) groups is 1. The Labute approximate surface area is 95.4 Å². The monoisotopic (exact) mass is 236 g/mol. The van der Waals surface area contributed by atoms with Crippen molar-refractivity contribution < 1.29 is 28.8 Å². The fourth-order valence-corrected chi connectivity index (χ4v) is 1.05. The van der Waals surface area contributed by atoms with Gasteiger partial charge in [0, 0.05) is 26.7 Å². The van der Waals surface area contributed by atoms with Gasteiger partial charge in [0.1, 0.15) is 6.61 Å². The van der Waals surface area contributed by atoms with Gasteiger partial charge >= 0.3 is 6.16 Å². The predicted octanol–water partition coefficient (Wildman–Crippen LogP) is 1.14. The van der Waals surface area contributed by atoms with E-state index in [1.54, 1.807) is 7.11 Å². The molecule has 0 aliphatic rings. The summed E-state index contributed by atoms with van der Waals surface area (Å²) in [5.74, 6) is 0. The average Bonchev–Trinajstić information content (AvgIpc) is 2.26. The average molecular weight is 236 g/mol. The van der Waals surface area contributed by atoms with Gasteiger partial charge in [0.05, 0.1) is 19.3 Å². The normalized spacial score (nSPS) is 12.4. The van der Waals surface area contributed by atoms with Gasteiger partial charge < -0.3 is 24.1 Å². The Kier molecular flexibility index (Phi) is 10.1. The molecule has 0 aromatic heterocycles. The summed E-state index contributed by atoms with van der Waals surface area (Å²) >= 11 is 0. The number of hydrogen-bond donors (Lipinski definition) is 1. The SMILES string of the molecule is CCOCCOC(CCOC)COC(=O)O. The number of carboxylic acid groups (broad SMARTS) is 1. The van der Waals surface area contributed by atoms with Crippen LogP contribution in [0.2, 0.25) is 0 Å². The van der Waals surface area contributed by atoms with Gasteiger partial charge in [-0.3, -0.25) is 0 Å². The van der Waals surface area contributed by atoms with Crippen molar-refractivity contribution in [2.24, 2.45) is 0 Å². The Morgan fingerprint density at radius 2 is 2.06 bits per heavy atom. The lowest BCUT2D eigenvalue weighted by Crippen LogP contribution is -2.25. The van der Waals surface area contributed by atoms with E-state index in [4.69, 9.17) is 19.3 Å². The molecule has 0 bridgehead atoms. The summed E-state index contributed by atoms with van der Waals surface area (Å²) in [6, 6.07) is 0. The van der Waals surface area contributed by atoms with Crippen molar-refractivity contribution >= 4 is 6.16 Å². The molecule has 0 radical (unpaired) electrons. The second-order valence-corrected chi connectivity index (χ2v) is 3.05. The molecule has 0 saturated heterocycles. The van der Waals surface area contributed by atoms with E-state index in [2.05, 4.69) is 4.74 Å². The predicted molar refractivity (Wildman–Crippen MR) is 56.7 cm³/mol. The van der Waals surface area contributed by atoms with E-state index < -0.39 is 6.16 Å². The van der Waals surface area contributed by atoms with Crippen molar-refractivity contribution in [1.29, 1.82) is 0 Å². The molecule has 16 heavy (non-hydrogen) atoms. The van der Waals surface area contributed by atoms with Gasteiger partial charge in [0.2, 0.25) is 0 Å². The summed E-state index contributed by atoms with van der Waals surface area (Å²) in [6.07, 6.45) is -0.983. The minimum Gasteiger partial charge on any atom is -0.450 e. The largest absolute Gasteiger partial charge is 0.505 e. The van der Waals surface area contributed by atoms with Crippen LogP contribution in [0.3, 0.4) is 0 Å². The van der Waals surface area contributed by atoms with Crippen LogP contribution in [0.25, 0.3) is 0 Å². The third-order valence-corrected chi connectivity index (χ3v) is 1.82. The van der Waals surface area contributed by atoms with Crippen LogP contribution < -0.4 is 0 Å². The highest BCUT2D eigenvalue weighted by atomic mass is 16.7. The van der Waals surface area contributed by atoms with Gasteiger partial charge in [-0.1, -0.05) is 0 Å². The highest BCUT2D eigenvalue weighted by Crippen LogP contribution is 2.00. The molecule has 0 aromatic rings. The molecule has 0 amide bonds. The second-order valence-electron chi connectivity index (χ2n) is 3.05. The van der Waals surface area contributed by atoms with E-state index in [1.807, 2.05) is 6.92 Å². The standard InChI is InChI=1S/C10H20O6/c1-3-14-6-7-15-9(4-5-13-2)8-16-10(11)12/h9H,3-8H2,1-2H3,(H,11,12). The number of rotatable bonds is 10. The molecule has 0 aliphatic heterocycles. The number of ether oxygens (including phenoxy) is 4. The highest BCUT2D eigenvalue weighted by Gasteiger charge is 2.11. The molecule has 1 atom stereocenters. The van der Waals surface area contributed by atoms with Crippen molar-refractivity contribution in [2.45, 2.75) is 19.4 Å². The first-order valence-corrected chi connectivity index (χ1v) is 5.24. The van der Waals surface area contributed by atoms with Crippen LogP contribution in [-0.4, -0.2) is 57.5 Å². The van der Waals surface area contributed by atoms with Gasteiger partial charge in [0.25, 0.3) is 0 Å². The molecule has 1 unspecified atom stereocenters. The summed E-state index contributed by atoms with van der Waals surface area (Å²) in [7, 11) is 1.58. The first-order valence-electron chi connectivity index (χ1n) is 5.24. The topological polar surface area (TPSA) is 74.2 Å². The lowest BCUT2D eigenvalue weighted by Gasteiger charge is -2.16. The Bertz CT molecular complexity index is 173. The molecule has 0 spiro atoms. The molecular weight excluding hydrogens is 216 g/mol. The fraction of sp³-hybridized carbons (Fsp3) is 0.900. The zero-order chi connectivity index (χ0) is 12.2. The van der Waals surface area contributed by atoms with Crippen LogP contribution in [0.4, 0.5) is 4.79 Å². The maximum absolute atomic E-state index is 10.2. The van der Waals surface area contributed by atoms with Crippen molar-refractivity contribution in [3.8, 4) is 0 Å². The Balaban J connectivity index is 3.66. The van der Waals surface area contributed by atoms with E-state index in [9.17, 15) is 4.79 Å². The van der Waals surface area contributed by atoms with Crippen molar-refractivity contribution in [3.05, 3.63) is 0 Å². The molecule has 0 rings (SSSR count). The van der Waals surface area contributed by atoms with Crippen LogP contribution in [0, 0.1) is 0 Å². The second kappa shape index (κ2) is 10.7. The van der Waals surface area contributed by atoms with Crippen LogP contribution in [0.15, 0.2) is 0 Å². The van der Waals surface area contributed by atoms with Crippen LogP contribution in [0.1, 0.15) is 13.3 Å². The summed E-state index contributed by atoms with van der Waals surface area (Å²) in [6.45, 7) is 3.97. The van der Waals surface area contributed by atoms with E-state index in [0.717, 1.165) is 0 Å². The van der Waals surface area contributed by atoms with E-state index in [-0.39, 0.29) is 12.7 Å². The molecule has 1 N–H and O–H groups in total. The molecule has 6 nitrogen and oxygen atoms in total. The fourth-order valence-electron chi connectivity index (χ4n) is 1.05. The van der Waals surface area contributed by atoms with E-state index in [0.29, 0.717) is 32.8 Å². The van der Waals surface area contributed by atoms with Gasteiger partial charge in [-0.25, -0.2) is 4.79 Å². The number of hydrogen-bond acceptors (Lipinski definition) is 5. The zero-order valence-electron chi connectivity index (χ0n) is 9.81. The summed E-state index contributed by atoms with van der Waals surface area (Å²) in [4.78, 5) is 10.2. The highest BCUT2D eigenvalue weighted by molar-refractivity contribution is 5.56. The van der Waals surface area contributed by atoms with Gasteiger partial charge in [0.15, 0.2) is 0 Å². The van der Waals surface area contributed by atoms with Crippen LogP contribution >= 0.6 is 0 Å². The van der Waals surface area contributed by atoms with Gasteiger partial charge in [-0.15, -0.1) is 0 Å². The molecule has 0 saturated carbocycles. The van der Waals surface area contributed by atoms with Gasteiger partial charge in [-0.05, 0) is 6.92 Å². The summed E-state index contributed by atoms with van der Waals surface area (Å²) in [5.41, 5.74) is 0. The molecule has 0 fully saturated rings. The Hall–Kier alpha value is -0.850. The third-order valence-electron chi connectivity index (χ3n) is 1.82. The molecule has 0 heterocycles. The molecule has 6 heteroatoms. The lowest BCUT2D eigenvalue weighted by molar-refractivity contribution is -0.0392. The summed E-state index contributed by atoms with van der Waals surface area (Å²) in [5, 5.41) is 8.36. The maximum atomic E-state index is 10.2. The van der Waals surface area contributed by atoms with Crippen molar-refractivity contribution in [2.75, 3.05) is 40.1 Å². The molecule has 0 aromatic carbocycles. The Morgan fingerprint density at radius 1 is 1.31 bits per heavy atom. The van der Waals surface area contributed by atoms with E-state index in [1.165, 1.54) is 0 Å². The number of methoxy groups -OCH3 is 1. The maximum Gasteiger partial charge on any atom is 0.505 e. The third kappa shape index (κ3) is 9.70. The molecular formula is C10H20O6. The minimum absolute atomic E-state index is 0.0187. The first-order chi connectivity index (χ1) is 7.70. The van der Waals surface area contributed by atoms with E-state index >= 15 is 0 Å². The minimum atomic E-state index is -1.30. The zero-order valence-corrected chi connectivity index (χ0v) is 9.81. The van der Waals surface area contributed by atoms with Crippen molar-refractivity contribution in [1.82, 2.24) is 0 Å². The van der Waals surface area contributed by atoms with Crippen LogP contribution in [-0.2, 0) is 18.9 Å².